The third-order valence-electron chi connectivity index (χ3n) is 5.34. The van der Waals surface area contributed by atoms with Crippen LogP contribution in [0.25, 0.3) is 0 Å². The number of aldehydes is 1. The van der Waals surface area contributed by atoms with Crippen molar-refractivity contribution in [1.82, 2.24) is 14.9 Å². The Morgan fingerprint density at radius 1 is 1.21 bits per heavy atom. The Morgan fingerprint density at radius 2 is 1.89 bits per heavy atom. The van der Waals surface area contributed by atoms with Gasteiger partial charge in [-0.15, -0.1) is 0 Å². The molecular weight excluding hydrogens is 354 g/mol. The van der Waals surface area contributed by atoms with Gasteiger partial charge in [-0.1, -0.05) is 45.0 Å². The predicted octanol–water partition coefficient (Wildman–Crippen LogP) is 3.51. The Morgan fingerprint density at radius 3 is 2.46 bits per heavy atom. The van der Waals surface area contributed by atoms with E-state index < -0.39 is 0 Å². The van der Waals surface area contributed by atoms with Gasteiger partial charge in [0.25, 0.3) is 0 Å². The van der Waals surface area contributed by atoms with Crippen molar-refractivity contribution in [3.05, 3.63) is 52.6 Å². The SMILES string of the molecule is Cc1nc(CN2CCC(c3ccc(C(C)(C)C)cc3)CC2=O)nc(C=O)c1O. The van der Waals surface area contributed by atoms with Crippen LogP contribution in [0, 0.1) is 6.92 Å². The lowest BCUT2D eigenvalue weighted by atomic mass is 9.83. The van der Waals surface area contributed by atoms with Crippen LogP contribution in [0.2, 0.25) is 0 Å². The maximum atomic E-state index is 12.7. The second kappa shape index (κ2) is 7.70. The lowest BCUT2D eigenvalue weighted by Gasteiger charge is -2.32. The third-order valence-corrected chi connectivity index (χ3v) is 5.34. The first-order valence-electron chi connectivity index (χ1n) is 9.59. The molecule has 1 amide bonds. The monoisotopic (exact) mass is 381 g/mol. The quantitative estimate of drug-likeness (QED) is 0.820. The number of amides is 1. The van der Waals surface area contributed by atoms with Gasteiger partial charge in [-0.3, -0.25) is 9.59 Å². The molecule has 3 rings (SSSR count). The molecule has 6 heteroatoms. The van der Waals surface area contributed by atoms with E-state index >= 15 is 0 Å². The number of carbonyl (C=O) groups excluding carboxylic acids is 2. The number of benzene rings is 1. The molecule has 148 valence electrons. The molecule has 1 aromatic heterocycles. The summed E-state index contributed by atoms with van der Waals surface area (Å²) in [6.07, 6.45) is 1.83. The van der Waals surface area contributed by atoms with E-state index in [1.807, 2.05) is 0 Å². The summed E-state index contributed by atoms with van der Waals surface area (Å²) >= 11 is 0. The van der Waals surface area contributed by atoms with E-state index in [1.165, 1.54) is 11.1 Å². The summed E-state index contributed by atoms with van der Waals surface area (Å²) < 4.78 is 0. The first kappa shape index (κ1) is 20.0. The average molecular weight is 381 g/mol. The van der Waals surface area contributed by atoms with Gasteiger partial charge in [-0.05, 0) is 35.8 Å². The molecule has 1 aliphatic heterocycles. The smallest absolute Gasteiger partial charge is 0.223 e. The molecule has 1 atom stereocenters. The zero-order valence-electron chi connectivity index (χ0n) is 16.9. The minimum absolute atomic E-state index is 0.0382. The molecule has 2 aromatic rings. The second-order valence-corrected chi connectivity index (χ2v) is 8.45. The molecule has 1 N–H and O–H groups in total. The molecule has 0 aliphatic carbocycles. The van der Waals surface area contributed by atoms with E-state index in [1.54, 1.807) is 11.8 Å². The van der Waals surface area contributed by atoms with Crippen molar-refractivity contribution in [3.8, 4) is 5.75 Å². The first-order chi connectivity index (χ1) is 13.2. The van der Waals surface area contributed by atoms with E-state index in [9.17, 15) is 14.7 Å². The second-order valence-electron chi connectivity index (χ2n) is 8.45. The molecule has 6 nitrogen and oxygen atoms in total. The zero-order valence-corrected chi connectivity index (χ0v) is 16.9. The van der Waals surface area contributed by atoms with Crippen LogP contribution < -0.4 is 0 Å². The Bertz CT molecular complexity index is 885. The highest BCUT2D eigenvalue weighted by atomic mass is 16.3. The number of nitrogens with zero attached hydrogens (tertiary/aromatic N) is 3. The standard InChI is InChI=1S/C22H27N3O3/c1-14-21(28)18(13-26)24-19(23-14)12-25-10-9-16(11-20(25)27)15-5-7-17(8-6-15)22(2,3)4/h5-8,13,16,28H,9-12H2,1-4H3. The average Bonchev–Trinajstić information content (AvgIpc) is 2.65. The number of piperidine rings is 1. The Hall–Kier alpha value is -2.76. The fourth-order valence-corrected chi connectivity index (χ4v) is 3.56. The van der Waals surface area contributed by atoms with E-state index in [0.29, 0.717) is 30.8 Å². The van der Waals surface area contributed by atoms with Crippen molar-refractivity contribution in [3.63, 3.8) is 0 Å². The van der Waals surface area contributed by atoms with Crippen molar-refractivity contribution >= 4 is 12.2 Å². The maximum Gasteiger partial charge on any atom is 0.223 e. The van der Waals surface area contributed by atoms with E-state index in [4.69, 9.17) is 0 Å². The molecule has 2 heterocycles. The van der Waals surface area contributed by atoms with Crippen LogP contribution in [0.4, 0.5) is 0 Å². The van der Waals surface area contributed by atoms with Crippen LogP contribution in [-0.2, 0) is 16.8 Å². The molecule has 1 fully saturated rings. The Labute approximate surface area is 165 Å². The van der Waals surface area contributed by atoms with Gasteiger partial charge in [0.05, 0.1) is 12.2 Å². The van der Waals surface area contributed by atoms with Gasteiger partial charge in [0.15, 0.2) is 12.0 Å². The highest BCUT2D eigenvalue weighted by molar-refractivity contribution is 5.78. The van der Waals surface area contributed by atoms with E-state index in [-0.39, 0.29) is 35.2 Å². The lowest BCUT2D eigenvalue weighted by Crippen LogP contribution is -2.38. The molecular formula is C22H27N3O3. The number of carbonyl (C=O) groups is 2. The fourth-order valence-electron chi connectivity index (χ4n) is 3.56. The summed E-state index contributed by atoms with van der Waals surface area (Å²) in [5.41, 5.74) is 2.89. The largest absolute Gasteiger partial charge is 0.504 e. The molecule has 0 radical (unpaired) electrons. The van der Waals surface area contributed by atoms with Gasteiger partial charge in [0.1, 0.15) is 11.5 Å². The van der Waals surface area contributed by atoms with Gasteiger partial charge < -0.3 is 10.0 Å². The normalized spacial score (nSPS) is 17.6. The van der Waals surface area contributed by atoms with Crippen LogP contribution in [0.5, 0.6) is 5.75 Å². The minimum Gasteiger partial charge on any atom is -0.504 e. The zero-order chi connectivity index (χ0) is 20.5. The molecule has 1 unspecified atom stereocenters. The van der Waals surface area contributed by atoms with Crippen LogP contribution in [0.15, 0.2) is 24.3 Å². The maximum absolute atomic E-state index is 12.7. The van der Waals surface area contributed by atoms with Crippen LogP contribution in [0.1, 0.15) is 72.7 Å². The summed E-state index contributed by atoms with van der Waals surface area (Å²) in [7, 11) is 0. The van der Waals surface area contributed by atoms with Gasteiger partial charge in [-0.25, -0.2) is 9.97 Å². The highest BCUT2D eigenvalue weighted by Crippen LogP contribution is 2.31. The number of likely N-dealkylation sites (tertiary alicyclic amines) is 1. The molecule has 0 bridgehead atoms. The van der Waals surface area contributed by atoms with Crippen molar-refractivity contribution < 1.29 is 14.7 Å². The Kier molecular flexibility index (Phi) is 5.49. The molecule has 28 heavy (non-hydrogen) atoms. The number of aromatic hydroxyl groups is 1. The van der Waals surface area contributed by atoms with Gasteiger partial charge >= 0.3 is 0 Å². The van der Waals surface area contributed by atoms with Crippen molar-refractivity contribution in [2.75, 3.05) is 6.54 Å². The van der Waals surface area contributed by atoms with Gasteiger partial charge in [0.2, 0.25) is 5.91 Å². The van der Waals surface area contributed by atoms with E-state index in [0.717, 1.165) is 6.42 Å². The van der Waals surface area contributed by atoms with Gasteiger partial charge in [-0.2, -0.15) is 0 Å². The molecule has 1 saturated heterocycles. The van der Waals surface area contributed by atoms with Crippen molar-refractivity contribution in [2.45, 2.75) is 58.4 Å². The molecule has 1 aliphatic rings. The lowest BCUT2D eigenvalue weighted by molar-refractivity contribution is -0.134. The molecule has 0 spiro atoms. The van der Waals surface area contributed by atoms with Gasteiger partial charge in [0, 0.05) is 13.0 Å². The number of hydrogen-bond donors (Lipinski definition) is 1. The van der Waals surface area contributed by atoms with Crippen LogP contribution >= 0.6 is 0 Å². The minimum atomic E-state index is -0.206. The highest BCUT2D eigenvalue weighted by Gasteiger charge is 2.28. The predicted molar refractivity (Wildman–Crippen MR) is 106 cm³/mol. The number of rotatable bonds is 4. The number of aryl methyl sites for hydroxylation is 1. The number of aromatic nitrogens is 2. The van der Waals surface area contributed by atoms with E-state index in [2.05, 4.69) is 55.0 Å². The topological polar surface area (TPSA) is 83.4 Å². The summed E-state index contributed by atoms with van der Waals surface area (Å²) in [6.45, 7) is 9.04. The van der Waals surface area contributed by atoms with Crippen molar-refractivity contribution in [2.24, 2.45) is 0 Å². The summed E-state index contributed by atoms with van der Waals surface area (Å²) in [5.74, 6) is 0.435. The van der Waals surface area contributed by atoms with Crippen LogP contribution in [0.3, 0.4) is 0 Å². The first-order valence-corrected chi connectivity index (χ1v) is 9.59. The van der Waals surface area contributed by atoms with Crippen LogP contribution in [-0.4, -0.2) is 38.7 Å². The fraction of sp³-hybridized carbons (Fsp3) is 0.455. The number of hydrogen-bond acceptors (Lipinski definition) is 5. The summed E-state index contributed by atoms with van der Waals surface area (Å²) in [5, 5.41) is 9.77. The molecule has 0 saturated carbocycles. The molecule has 1 aromatic carbocycles. The third kappa shape index (κ3) is 4.21. The summed E-state index contributed by atoms with van der Waals surface area (Å²) in [4.78, 5) is 33.7. The van der Waals surface area contributed by atoms with Crippen molar-refractivity contribution in [1.29, 1.82) is 0 Å². The summed E-state index contributed by atoms with van der Waals surface area (Å²) in [6, 6.07) is 8.58. The Balaban J connectivity index is 1.68.